The molecule has 1 aromatic rings. The zero-order valence-corrected chi connectivity index (χ0v) is 12.7. The second kappa shape index (κ2) is 7.10. The first-order valence-corrected chi connectivity index (χ1v) is 7.97. The standard InChI is InChI=1S/C13H20F2N2O2S/c1-4-5-17-20(18,19)12-7-10(8-16-9(2)3)6-11(14)13(12)15/h6-7,9,16-17H,4-5,8H2,1-3H3. The van der Waals surface area contributed by atoms with E-state index in [1.807, 2.05) is 13.8 Å². The highest BCUT2D eigenvalue weighted by atomic mass is 32.2. The van der Waals surface area contributed by atoms with E-state index in [9.17, 15) is 17.2 Å². The van der Waals surface area contributed by atoms with Crippen molar-refractivity contribution in [1.82, 2.24) is 10.0 Å². The van der Waals surface area contributed by atoms with Gasteiger partial charge in [0.05, 0.1) is 0 Å². The van der Waals surface area contributed by atoms with Gasteiger partial charge in [-0.15, -0.1) is 0 Å². The topological polar surface area (TPSA) is 58.2 Å². The minimum Gasteiger partial charge on any atom is -0.310 e. The number of hydrogen-bond donors (Lipinski definition) is 2. The van der Waals surface area contributed by atoms with Crippen molar-refractivity contribution in [3.63, 3.8) is 0 Å². The predicted molar refractivity (Wildman–Crippen MR) is 73.8 cm³/mol. The summed E-state index contributed by atoms with van der Waals surface area (Å²) in [6.07, 6.45) is 0.567. The van der Waals surface area contributed by atoms with Gasteiger partial charge in [-0.1, -0.05) is 20.8 Å². The number of rotatable bonds is 7. The molecule has 0 spiro atoms. The first-order chi connectivity index (χ1) is 9.27. The van der Waals surface area contributed by atoms with Crippen LogP contribution in [0, 0.1) is 11.6 Å². The van der Waals surface area contributed by atoms with E-state index < -0.39 is 26.6 Å². The second-order valence-corrected chi connectivity index (χ2v) is 6.56. The zero-order chi connectivity index (χ0) is 15.3. The van der Waals surface area contributed by atoms with Crippen LogP contribution in [-0.4, -0.2) is 21.0 Å². The summed E-state index contributed by atoms with van der Waals surface area (Å²) in [7, 11) is -4.03. The Bertz CT molecular complexity index is 560. The van der Waals surface area contributed by atoms with Crippen LogP contribution in [0.15, 0.2) is 17.0 Å². The van der Waals surface area contributed by atoms with Gasteiger partial charge >= 0.3 is 0 Å². The summed E-state index contributed by atoms with van der Waals surface area (Å²) in [5, 5.41) is 3.03. The van der Waals surface area contributed by atoms with Crippen molar-refractivity contribution in [3.05, 3.63) is 29.3 Å². The van der Waals surface area contributed by atoms with Crippen LogP contribution in [0.4, 0.5) is 8.78 Å². The van der Waals surface area contributed by atoms with Gasteiger partial charge in [-0.05, 0) is 24.1 Å². The van der Waals surface area contributed by atoms with Crippen molar-refractivity contribution >= 4 is 10.0 Å². The third kappa shape index (κ3) is 4.50. The van der Waals surface area contributed by atoms with E-state index in [0.29, 0.717) is 12.0 Å². The Labute approximate surface area is 118 Å². The molecule has 0 aliphatic heterocycles. The molecule has 0 heterocycles. The molecule has 0 radical (unpaired) electrons. The maximum absolute atomic E-state index is 13.7. The van der Waals surface area contributed by atoms with Crippen LogP contribution in [0.2, 0.25) is 0 Å². The fourth-order valence-corrected chi connectivity index (χ4v) is 2.82. The van der Waals surface area contributed by atoms with Gasteiger partial charge in [0.25, 0.3) is 0 Å². The molecule has 4 nitrogen and oxygen atoms in total. The van der Waals surface area contributed by atoms with Crippen LogP contribution in [-0.2, 0) is 16.6 Å². The van der Waals surface area contributed by atoms with Gasteiger partial charge in [-0.3, -0.25) is 0 Å². The quantitative estimate of drug-likeness (QED) is 0.811. The molecule has 0 fully saturated rings. The van der Waals surface area contributed by atoms with Crippen LogP contribution < -0.4 is 10.0 Å². The highest BCUT2D eigenvalue weighted by Gasteiger charge is 2.22. The minimum atomic E-state index is -4.03. The van der Waals surface area contributed by atoms with E-state index in [1.54, 1.807) is 6.92 Å². The molecule has 0 amide bonds. The van der Waals surface area contributed by atoms with E-state index in [0.717, 1.165) is 12.1 Å². The van der Waals surface area contributed by atoms with Crippen molar-refractivity contribution in [2.75, 3.05) is 6.54 Å². The molecule has 7 heteroatoms. The van der Waals surface area contributed by atoms with Crippen molar-refractivity contribution in [1.29, 1.82) is 0 Å². The van der Waals surface area contributed by atoms with Crippen molar-refractivity contribution in [2.45, 2.75) is 44.7 Å². The Kier molecular flexibility index (Phi) is 6.04. The highest BCUT2D eigenvalue weighted by molar-refractivity contribution is 7.89. The average Bonchev–Trinajstić information content (AvgIpc) is 2.37. The first kappa shape index (κ1) is 17.0. The average molecular weight is 306 g/mol. The van der Waals surface area contributed by atoms with Crippen LogP contribution in [0.1, 0.15) is 32.8 Å². The Morgan fingerprint density at radius 1 is 1.25 bits per heavy atom. The van der Waals surface area contributed by atoms with Gasteiger partial charge < -0.3 is 5.32 Å². The summed E-state index contributed by atoms with van der Waals surface area (Å²) in [5.41, 5.74) is 0.384. The number of sulfonamides is 1. The van der Waals surface area contributed by atoms with Crippen molar-refractivity contribution in [3.8, 4) is 0 Å². The monoisotopic (exact) mass is 306 g/mol. The molecule has 0 aliphatic carbocycles. The number of hydrogen-bond acceptors (Lipinski definition) is 3. The molecule has 0 aliphatic rings. The van der Waals surface area contributed by atoms with Gasteiger partial charge in [0, 0.05) is 19.1 Å². The third-order valence-corrected chi connectivity index (χ3v) is 4.06. The summed E-state index contributed by atoms with van der Waals surface area (Å²) >= 11 is 0. The molecule has 0 unspecified atom stereocenters. The summed E-state index contributed by atoms with van der Waals surface area (Å²) in [4.78, 5) is -0.647. The van der Waals surface area contributed by atoms with Crippen LogP contribution in [0.25, 0.3) is 0 Å². The first-order valence-electron chi connectivity index (χ1n) is 6.49. The van der Waals surface area contributed by atoms with Crippen molar-refractivity contribution < 1.29 is 17.2 Å². The molecule has 0 aromatic heterocycles. The maximum Gasteiger partial charge on any atom is 0.243 e. The molecule has 1 rings (SSSR count). The fourth-order valence-electron chi connectivity index (χ4n) is 1.55. The van der Waals surface area contributed by atoms with Gasteiger partial charge in [-0.25, -0.2) is 21.9 Å². The lowest BCUT2D eigenvalue weighted by molar-refractivity contribution is 0.479. The highest BCUT2D eigenvalue weighted by Crippen LogP contribution is 2.20. The van der Waals surface area contributed by atoms with E-state index in [2.05, 4.69) is 10.0 Å². The lowest BCUT2D eigenvalue weighted by Gasteiger charge is -2.12. The van der Waals surface area contributed by atoms with E-state index in [-0.39, 0.29) is 19.1 Å². The maximum atomic E-state index is 13.7. The largest absolute Gasteiger partial charge is 0.310 e. The normalized spacial score (nSPS) is 12.1. The number of nitrogens with one attached hydrogen (secondary N) is 2. The van der Waals surface area contributed by atoms with E-state index in [4.69, 9.17) is 0 Å². The molecule has 1 aromatic carbocycles. The van der Waals surface area contributed by atoms with Crippen molar-refractivity contribution in [2.24, 2.45) is 0 Å². The molecule has 0 saturated heterocycles. The Morgan fingerprint density at radius 3 is 2.45 bits per heavy atom. The number of benzene rings is 1. The Hall–Kier alpha value is -1.05. The lowest BCUT2D eigenvalue weighted by Crippen LogP contribution is -2.26. The molecule has 0 bridgehead atoms. The molecule has 0 saturated carbocycles. The van der Waals surface area contributed by atoms with Crippen LogP contribution in [0.5, 0.6) is 0 Å². The zero-order valence-electron chi connectivity index (χ0n) is 11.8. The van der Waals surface area contributed by atoms with E-state index in [1.165, 1.54) is 0 Å². The second-order valence-electron chi connectivity index (χ2n) is 4.82. The summed E-state index contributed by atoms with van der Waals surface area (Å²) in [5.74, 6) is -2.51. The molecular weight excluding hydrogens is 286 g/mol. The fraction of sp³-hybridized carbons (Fsp3) is 0.538. The molecular formula is C13H20F2N2O2S. The summed E-state index contributed by atoms with van der Waals surface area (Å²) in [6, 6.07) is 2.32. The SMILES string of the molecule is CCCNS(=O)(=O)c1cc(CNC(C)C)cc(F)c1F. The van der Waals surface area contributed by atoms with E-state index >= 15 is 0 Å². The molecule has 2 N–H and O–H groups in total. The summed E-state index contributed by atoms with van der Waals surface area (Å²) < 4.78 is 53.3. The number of halogens is 2. The minimum absolute atomic E-state index is 0.154. The van der Waals surface area contributed by atoms with Crippen LogP contribution in [0.3, 0.4) is 0 Å². The predicted octanol–water partition coefficient (Wildman–Crippen LogP) is 2.15. The Morgan fingerprint density at radius 2 is 1.90 bits per heavy atom. The molecule has 20 heavy (non-hydrogen) atoms. The lowest BCUT2D eigenvalue weighted by atomic mass is 10.2. The van der Waals surface area contributed by atoms with Gasteiger partial charge in [0.15, 0.2) is 11.6 Å². The summed E-state index contributed by atoms with van der Waals surface area (Å²) in [6.45, 7) is 6.03. The van der Waals surface area contributed by atoms with Gasteiger partial charge in [-0.2, -0.15) is 0 Å². The Balaban J connectivity index is 3.12. The third-order valence-electron chi connectivity index (χ3n) is 2.60. The molecule has 0 atom stereocenters. The van der Waals surface area contributed by atoms with Gasteiger partial charge in [0.2, 0.25) is 10.0 Å². The molecule has 114 valence electrons. The smallest absolute Gasteiger partial charge is 0.243 e. The van der Waals surface area contributed by atoms with Gasteiger partial charge in [0.1, 0.15) is 4.90 Å². The van der Waals surface area contributed by atoms with Crippen LogP contribution >= 0.6 is 0 Å².